The van der Waals surface area contributed by atoms with Gasteiger partial charge in [-0.05, 0) is 25.1 Å². The first kappa shape index (κ1) is 13.2. The Labute approximate surface area is 113 Å². The third kappa shape index (κ3) is 3.62. The average Bonchev–Trinajstić information content (AvgIpc) is 2.82. The summed E-state index contributed by atoms with van der Waals surface area (Å²) in [6, 6.07) is 12.9. The lowest BCUT2D eigenvalue weighted by atomic mass is 10.2. The molecule has 0 aliphatic rings. The Bertz CT molecular complexity index is 467. The first-order valence-corrected chi connectivity index (χ1v) is 7.15. The Morgan fingerprint density at radius 2 is 2.06 bits per heavy atom. The maximum atomic E-state index is 4.18. The van der Waals surface area contributed by atoms with Crippen molar-refractivity contribution in [3.05, 3.63) is 48.3 Å². The number of hydrogen-bond acceptors (Lipinski definition) is 3. The zero-order valence-corrected chi connectivity index (χ0v) is 11.7. The molecule has 0 fully saturated rings. The van der Waals surface area contributed by atoms with Crippen LogP contribution in [-0.2, 0) is 7.05 Å². The van der Waals surface area contributed by atoms with Gasteiger partial charge in [-0.15, -0.1) is 11.8 Å². The molecule has 0 aliphatic carbocycles. The summed E-state index contributed by atoms with van der Waals surface area (Å²) in [6.45, 7) is 3.16. The summed E-state index contributed by atoms with van der Waals surface area (Å²) in [5.74, 6) is 1.08. The van der Waals surface area contributed by atoms with Crippen molar-refractivity contribution in [1.29, 1.82) is 0 Å². The second kappa shape index (κ2) is 6.61. The first-order valence-electron chi connectivity index (χ1n) is 6.16. The molecule has 0 spiro atoms. The number of rotatable bonds is 6. The number of aromatic nitrogens is 2. The van der Waals surface area contributed by atoms with Crippen molar-refractivity contribution in [2.24, 2.45) is 7.05 Å². The van der Waals surface area contributed by atoms with Gasteiger partial charge in [0, 0.05) is 36.5 Å². The fourth-order valence-corrected chi connectivity index (χ4v) is 2.68. The van der Waals surface area contributed by atoms with Gasteiger partial charge in [-0.1, -0.05) is 18.2 Å². The molecule has 1 aromatic heterocycles. The minimum Gasteiger partial charge on any atom is -0.308 e. The van der Waals surface area contributed by atoms with Gasteiger partial charge in [0.1, 0.15) is 0 Å². The van der Waals surface area contributed by atoms with Crippen LogP contribution < -0.4 is 5.32 Å². The summed E-state index contributed by atoms with van der Waals surface area (Å²) in [5.41, 5.74) is 1.22. The molecule has 1 aromatic carbocycles. The normalized spacial score (nSPS) is 12.6. The number of hydrogen-bond donors (Lipinski definition) is 1. The minimum absolute atomic E-state index is 0.342. The van der Waals surface area contributed by atoms with Crippen molar-refractivity contribution in [1.82, 2.24) is 15.1 Å². The zero-order valence-electron chi connectivity index (χ0n) is 10.8. The molecular weight excluding hydrogens is 242 g/mol. The second-order valence-corrected chi connectivity index (χ2v) is 5.39. The van der Waals surface area contributed by atoms with E-state index in [1.165, 1.54) is 10.6 Å². The van der Waals surface area contributed by atoms with Crippen molar-refractivity contribution in [3.8, 4) is 0 Å². The second-order valence-electron chi connectivity index (χ2n) is 4.22. The van der Waals surface area contributed by atoms with E-state index < -0.39 is 0 Å². The molecule has 0 saturated heterocycles. The van der Waals surface area contributed by atoms with Crippen LogP contribution in [0.4, 0.5) is 0 Å². The zero-order chi connectivity index (χ0) is 12.8. The van der Waals surface area contributed by atoms with Gasteiger partial charge in [0.2, 0.25) is 0 Å². The molecule has 0 saturated carbocycles. The van der Waals surface area contributed by atoms with Crippen LogP contribution in [0.15, 0.2) is 47.5 Å². The highest BCUT2D eigenvalue weighted by molar-refractivity contribution is 7.99. The summed E-state index contributed by atoms with van der Waals surface area (Å²) in [5, 5.41) is 7.70. The van der Waals surface area contributed by atoms with Gasteiger partial charge in [0.05, 0.1) is 5.69 Å². The molecular formula is C14H19N3S. The van der Waals surface area contributed by atoms with E-state index in [4.69, 9.17) is 0 Å². The average molecular weight is 261 g/mol. The molecule has 0 bridgehead atoms. The number of thioether (sulfide) groups is 1. The molecule has 1 unspecified atom stereocenters. The summed E-state index contributed by atoms with van der Waals surface area (Å²) in [4.78, 5) is 1.33. The van der Waals surface area contributed by atoms with Gasteiger partial charge in [-0.3, -0.25) is 4.68 Å². The molecule has 1 heterocycles. The van der Waals surface area contributed by atoms with E-state index in [1.807, 2.05) is 35.8 Å². The SMILES string of the molecule is CC(NCCSc1ccccc1)c1ccnn1C. The molecule has 96 valence electrons. The van der Waals surface area contributed by atoms with Gasteiger partial charge in [-0.2, -0.15) is 5.10 Å². The van der Waals surface area contributed by atoms with E-state index in [-0.39, 0.29) is 0 Å². The van der Waals surface area contributed by atoms with Crippen molar-refractivity contribution >= 4 is 11.8 Å². The molecule has 18 heavy (non-hydrogen) atoms. The number of aryl methyl sites for hydroxylation is 1. The van der Waals surface area contributed by atoms with Crippen LogP contribution in [0.5, 0.6) is 0 Å². The van der Waals surface area contributed by atoms with Crippen molar-refractivity contribution in [2.45, 2.75) is 17.9 Å². The van der Waals surface area contributed by atoms with E-state index in [2.05, 4.69) is 47.7 Å². The molecule has 0 aliphatic heterocycles. The molecule has 1 atom stereocenters. The van der Waals surface area contributed by atoms with Crippen LogP contribution in [0, 0.1) is 0 Å². The lowest BCUT2D eigenvalue weighted by Crippen LogP contribution is -2.23. The van der Waals surface area contributed by atoms with Crippen LogP contribution in [0.3, 0.4) is 0 Å². The maximum Gasteiger partial charge on any atom is 0.0547 e. The monoisotopic (exact) mass is 261 g/mol. The van der Waals surface area contributed by atoms with Crippen LogP contribution in [-0.4, -0.2) is 22.1 Å². The van der Waals surface area contributed by atoms with Crippen LogP contribution in [0.25, 0.3) is 0 Å². The Morgan fingerprint density at radius 1 is 1.28 bits per heavy atom. The first-order chi connectivity index (χ1) is 8.77. The van der Waals surface area contributed by atoms with Gasteiger partial charge in [-0.25, -0.2) is 0 Å². The van der Waals surface area contributed by atoms with Crippen molar-refractivity contribution in [3.63, 3.8) is 0 Å². The molecule has 2 aromatic rings. The number of nitrogens with zero attached hydrogens (tertiary/aromatic N) is 2. The van der Waals surface area contributed by atoms with Crippen LogP contribution >= 0.6 is 11.8 Å². The van der Waals surface area contributed by atoms with Crippen LogP contribution in [0.2, 0.25) is 0 Å². The quantitative estimate of drug-likeness (QED) is 0.640. The standard InChI is InChI=1S/C14H19N3S/c1-12(14-8-9-16-17(14)2)15-10-11-18-13-6-4-3-5-7-13/h3-9,12,15H,10-11H2,1-2H3. The summed E-state index contributed by atoms with van der Waals surface area (Å²) >= 11 is 1.88. The third-order valence-corrected chi connectivity index (χ3v) is 3.88. The number of nitrogens with one attached hydrogen (secondary N) is 1. The molecule has 3 nitrogen and oxygen atoms in total. The Morgan fingerprint density at radius 3 is 2.72 bits per heavy atom. The van der Waals surface area contributed by atoms with Crippen molar-refractivity contribution < 1.29 is 0 Å². The molecule has 4 heteroatoms. The third-order valence-electron chi connectivity index (χ3n) is 2.87. The Kier molecular flexibility index (Phi) is 4.84. The lowest BCUT2D eigenvalue weighted by Gasteiger charge is -2.13. The smallest absolute Gasteiger partial charge is 0.0547 e. The van der Waals surface area contributed by atoms with E-state index in [9.17, 15) is 0 Å². The molecule has 2 rings (SSSR count). The van der Waals surface area contributed by atoms with Gasteiger partial charge in [0.25, 0.3) is 0 Å². The highest BCUT2D eigenvalue weighted by Gasteiger charge is 2.07. The summed E-state index contributed by atoms with van der Waals surface area (Å²) in [6.07, 6.45) is 1.84. The van der Waals surface area contributed by atoms with Gasteiger partial charge < -0.3 is 5.32 Å². The predicted octanol–water partition coefficient (Wildman–Crippen LogP) is 2.86. The van der Waals surface area contributed by atoms with E-state index in [0.29, 0.717) is 6.04 Å². The molecule has 0 amide bonds. The summed E-state index contributed by atoms with van der Waals surface area (Å²) in [7, 11) is 1.98. The Balaban J connectivity index is 1.71. The topological polar surface area (TPSA) is 29.9 Å². The largest absolute Gasteiger partial charge is 0.308 e. The van der Waals surface area contributed by atoms with Gasteiger partial charge in [0.15, 0.2) is 0 Å². The van der Waals surface area contributed by atoms with E-state index >= 15 is 0 Å². The summed E-state index contributed by atoms with van der Waals surface area (Å²) < 4.78 is 1.92. The molecule has 1 N–H and O–H groups in total. The maximum absolute atomic E-state index is 4.18. The molecule has 0 radical (unpaired) electrons. The highest BCUT2D eigenvalue weighted by atomic mass is 32.2. The highest BCUT2D eigenvalue weighted by Crippen LogP contribution is 2.16. The van der Waals surface area contributed by atoms with Crippen LogP contribution in [0.1, 0.15) is 18.7 Å². The number of benzene rings is 1. The van der Waals surface area contributed by atoms with E-state index in [0.717, 1.165) is 12.3 Å². The predicted molar refractivity (Wildman–Crippen MR) is 76.8 cm³/mol. The lowest BCUT2D eigenvalue weighted by molar-refractivity contribution is 0.548. The van der Waals surface area contributed by atoms with Crippen molar-refractivity contribution in [2.75, 3.05) is 12.3 Å². The minimum atomic E-state index is 0.342. The van der Waals surface area contributed by atoms with Gasteiger partial charge >= 0.3 is 0 Å². The fourth-order valence-electron chi connectivity index (χ4n) is 1.87. The van der Waals surface area contributed by atoms with E-state index in [1.54, 1.807) is 0 Å². The fraction of sp³-hybridized carbons (Fsp3) is 0.357. The Hall–Kier alpha value is -1.26.